The number of thioether (sulfide) groups is 1. The van der Waals surface area contributed by atoms with E-state index in [9.17, 15) is 14.7 Å². The fourth-order valence-electron chi connectivity index (χ4n) is 3.01. The molecular formula is C21H28N4O4S. The van der Waals surface area contributed by atoms with E-state index in [0.717, 1.165) is 12.8 Å². The van der Waals surface area contributed by atoms with Crippen LogP contribution in [0.15, 0.2) is 39.0 Å². The van der Waals surface area contributed by atoms with Gasteiger partial charge in [0.2, 0.25) is 0 Å². The number of nitrogens with zero attached hydrogens (tertiary/aromatic N) is 3. The summed E-state index contributed by atoms with van der Waals surface area (Å²) in [5.41, 5.74) is 0.757. The Morgan fingerprint density at radius 3 is 2.57 bits per heavy atom. The molecular weight excluding hydrogens is 404 g/mol. The van der Waals surface area contributed by atoms with E-state index in [0.29, 0.717) is 16.6 Å². The van der Waals surface area contributed by atoms with Crippen molar-refractivity contribution in [2.24, 2.45) is 7.05 Å². The van der Waals surface area contributed by atoms with Crippen LogP contribution in [0.3, 0.4) is 0 Å². The number of benzene rings is 1. The normalized spacial score (nSPS) is 13.5. The highest BCUT2D eigenvalue weighted by Crippen LogP contribution is 2.27. The molecule has 162 valence electrons. The molecule has 9 heteroatoms. The maximum Gasteiger partial charge on any atom is 0.329 e. The maximum atomic E-state index is 12.5. The highest BCUT2D eigenvalue weighted by molar-refractivity contribution is 7.99. The predicted molar refractivity (Wildman–Crippen MR) is 119 cm³/mol. The largest absolute Gasteiger partial charge is 0.491 e. The molecule has 30 heavy (non-hydrogen) atoms. The van der Waals surface area contributed by atoms with Gasteiger partial charge in [-0.2, -0.15) is 0 Å². The second kappa shape index (κ2) is 9.53. The molecule has 2 N–H and O–H groups in total. The molecule has 0 saturated carbocycles. The molecule has 2 unspecified atom stereocenters. The van der Waals surface area contributed by atoms with Gasteiger partial charge in [0.05, 0.1) is 6.54 Å². The third-order valence-electron chi connectivity index (χ3n) is 5.02. The van der Waals surface area contributed by atoms with Crippen LogP contribution in [0.4, 0.5) is 0 Å². The number of hydrogen-bond acceptors (Lipinski definition) is 6. The number of H-pyrrole nitrogens is 1. The topological polar surface area (TPSA) is 102 Å². The monoisotopic (exact) mass is 432 g/mol. The smallest absolute Gasteiger partial charge is 0.329 e. The predicted octanol–water partition coefficient (Wildman–Crippen LogP) is 2.32. The Hall–Kier alpha value is -2.52. The average molecular weight is 433 g/mol. The molecule has 1 aromatic carbocycles. The molecule has 0 spiro atoms. The highest BCUT2D eigenvalue weighted by atomic mass is 32.2. The van der Waals surface area contributed by atoms with Crippen molar-refractivity contribution in [2.75, 3.05) is 6.61 Å². The number of aliphatic hydroxyl groups is 1. The van der Waals surface area contributed by atoms with Gasteiger partial charge in [-0.1, -0.05) is 44.7 Å². The summed E-state index contributed by atoms with van der Waals surface area (Å²) in [6.07, 6.45) is 1.01. The van der Waals surface area contributed by atoms with Crippen LogP contribution in [0.1, 0.15) is 32.8 Å². The molecule has 2 aromatic heterocycles. The summed E-state index contributed by atoms with van der Waals surface area (Å²) in [5.74, 6) is 0.677. The Labute approximate surface area is 178 Å². The molecule has 0 saturated heterocycles. The van der Waals surface area contributed by atoms with Crippen LogP contribution < -0.4 is 16.0 Å². The standard InChI is InChI=1S/C21H28N4O4S/c1-5-13(3)30-21-22-18-17(19(27)23-20(28)24(18)4)25(21)11-15(26)12-29-16-9-7-14(6-2)8-10-16/h7-10,13,15,26H,5-6,11-12H2,1-4H3,(H,23,27,28). The third-order valence-corrected chi connectivity index (χ3v) is 6.28. The van der Waals surface area contributed by atoms with Gasteiger partial charge in [-0.05, 0) is 30.5 Å². The first-order valence-corrected chi connectivity index (χ1v) is 11.0. The van der Waals surface area contributed by atoms with Gasteiger partial charge in [-0.15, -0.1) is 0 Å². The van der Waals surface area contributed by atoms with E-state index in [-0.39, 0.29) is 23.9 Å². The fraction of sp³-hybridized carbons (Fsp3) is 0.476. The van der Waals surface area contributed by atoms with Crippen LogP contribution in [0.2, 0.25) is 0 Å². The van der Waals surface area contributed by atoms with Crippen LogP contribution in [0.25, 0.3) is 11.2 Å². The molecule has 3 rings (SSSR count). The van der Waals surface area contributed by atoms with Crippen molar-refractivity contribution >= 4 is 22.9 Å². The van der Waals surface area contributed by atoms with E-state index in [1.165, 1.54) is 21.9 Å². The summed E-state index contributed by atoms with van der Waals surface area (Å²) in [6, 6.07) is 7.74. The van der Waals surface area contributed by atoms with Crippen molar-refractivity contribution in [3.05, 3.63) is 50.7 Å². The van der Waals surface area contributed by atoms with Crippen LogP contribution in [0, 0.1) is 0 Å². The van der Waals surface area contributed by atoms with E-state index in [2.05, 4.69) is 30.7 Å². The van der Waals surface area contributed by atoms with Gasteiger partial charge in [-0.25, -0.2) is 9.78 Å². The molecule has 0 aliphatic rings. The zero-order valence-corrected chi connectivity index (χ0v) is 18.5. The van der Waals surface area contributed by atoms with E-state index < -0.39 is 17.4 Å². The van der Waals surface area contributed by atoms with Crippen LogP contribution in [-0.2, 0) is 20.0 Å². The molecule has 0 bridgehead atoms. The minimum Gasteiger partial charge on any atom is -0.491 e. The number of aromatic nitrogens is 4. The molecule has 0 aliphatic heterocycles. The lowest BCUT2D eigenvalue weighted by Gasteiger charge is -2.16. The van der Waals surface area contributed by atoms with Crippen LogP contribution >= 0.6 is 11.8 Å². The molecule has 0 amide bonds. The number of ether oxygens (including phenoxy) is 1. The van der Waals surface area contributed by atoms with Gasteiger partial charge >= 0.3 is 5.69 Å². The van der Waals surface area contributed by atoms with Crippen molar-refractivity contribution in [1.29, 1.82) is 0 Å². The zero-order valence-electron chi connectivity index (χ0n) is 17.7. The number of aliphatic hydroxyl groups excluding tert-OH is 1. The Morgan fingerprint density at radius 2 is 1.93 bits per heavy atom. The number of aryl methyl sites for hydroxylation is 2. The van der Waals surface area contributed by atoms with Gasteiger partial charge in [0.25, 0.3) is 5.56 Å². The Morgan fingerprint density at radius 1 is 1.23 bits per heavy atom. The molecule has 0 fully saturated rings. The van der Waals surface area contributed by atoms with Crippen LogP contribution in [-0.4, -0.2) is 42.2 Å². The summed E-state index contributed by atoms with van der Waals surface area (Å²) < 4.78 is 8.70. The minimum atomic E-state index is -0.860. The molecule has 0 aliphatic carbocycles. The van der Waals surface area contributed by atoms with E-state index >= 15 is 0 Å². The van der Waals surface area contributed by atoms with Crippen molar-refractivity contribution in [1.82, 2.24) is 19.1 Å². The van der Waals surface area contributed by atoms with Gasteiger partial charge in [-0.3, -0.25) is 14.3 Å². The second-order valence-corrected chi connectivity index (χ2v) is 8.70. The minimum absolute atomic E-state index is 0.0717. The van der Waals surface area contributed by atoms with E-state index in [4.69, 9.17) is 4.74 Å². The van der Waals surface area contributed by atoms with Gasteiger partial charge in [0, 0.05) is 12.3 Å². The first-order valence-electron chi connectivity index (χ1n) is 10.1. The number of rotatable bonds is 9. The van der Waals surface area contributed by atoms with Crippen molar-refractivity contribution in [2.45, 2.75) is 56.7 Å². The first kappa shape index (κ1) is 22.2. The molecule has 8 nitrogen and oxygen atoms in total. The number of imidazole rings is 1. The number of nitrogens with one attached hydrogen (secondary N) is 1. The number of fused-ring (bicyclic) bond motifs is 1. The highest BCUT2D eigenvalue weighted by Gasteiger charge is 2.21. The van der Waals surface area contributed by atoms with Gasteiger partial charge in [0.15, 0.2) is 16.3 Å². The molecule has 2 atom stereocenters. The summed E-state index contributed by atoms with van der Waals surface area (Å²) in [7, 11) is 1.56. The SMILES string of the molecule is CCc1ccc(OCC(O)Cn2c(SC(C)CC)nc3c2c(=O)[nH]c(=O)n3C)cc1. The van der Waals surface area contributed by atoms with Crippen molar-refractivity contribution < 1.29 is 9.84 Å². The van der Waals surface area contributed by atoms with E-state index in [1.807, 2.05) is 24.3 Å². The first-order chi connectivity index (χ1) is 14.3. The summed E-state index contributed by atoms with van der Waals surface area (Å²) in [5, 5.41) is 11.5. The van der Waals surface area contributed by atoms with Gasteiger partial charge < -0.3 is 14.4 Å². The maximum absolute atomic E-state index is 12.5. The lowest BCUT2D eigenvalue weighted by molar-refractivity contribution is 0.0913. The molecule has 0 radical (unpaired) electrons. The molecule has 2 heterocycles. The third kappa shape index (κ3) is 4.79. The summed E-state index contributed by atoms with van der Waals surface area (Å²) in [6.45, 7) is 6.42. The lowest BCUT2D eigenvalue weighted by atomic mass is 10.2. The molecule has 3 aromatic rings. The average Bonchev–Trinajstić information content (AvgIpc) is 3.09. The quantitative estimate of drug-likeness (QED) is 0.503. The van der Waals surface area contributed by atoms with Crippen molar-refractivity contribution in [3.8, 4) is 5.75 Å². The van der Waals surface area contributed by atoms with E-state index in [1.54, 1.807) is 11.6 Å². The summed E-state index contributed by atoms with van der Waals surface area (Å²) >= 11 is 1.51. The Kier molecular flexibility index (Phi) is 7.04. The zero-order chi connectivity index (χ0) is 21.8. The second-order valence-electron chi connectivity index (χ2n) is 7.29. The van der Waals surface area contributed by atoms with Crippen LogP contribution in [0.5, 0.6) is 5.75 Å². The van der Waals surface area contributed by atoms with Gasteiger partial charge in [0.1, 0.15) is 18.5 Å². The lowest BCUT2D eigenvalue weighted by Crippen LogP contribution is -2.30. The Bertz CT molecular complexity index is 1120. The Balaban J connectivity index is 1.86. The summed E-state index contributed by atoms with van der Waals surface area (Å²) in [4.78, 5) is 31.3. The number of aromatic amines is 1. The van der Waals surface area contributed by atoms with Crippen molar-refractivity contribution in [3.63, 3.8) is 0 Å². The number of hydrogen-bond donors (Lipinski definition) is 2. The fourth-order valence-corrected chi connectivity index (χ4v) is 3.97.